The minimum atomic E-state index is -4.50. The van der Waals surface area contributed by atoms with E-state index < -0.39 is 11.7 Å². The molecule has 1 saturated heterocycles. The second-order valence-corrected chi connectivity index (χ2v) is 5.12. The van der Waals surface area contributed by atoms with Crippen LogP contribution < -0.4 is 10.6 Å². The highest BCUT2D eigenvalue weighted by Crippen LogP contribution is 2.46. The third kappa shape index (κ3) is 1.85. The Morgan fingerprint density at radius 1 is 1.26 bits per heavy atom. The van der Waals surface area contributed by atoms with Gasteiger partial charge < -0.3 is 10.6 Å². The molecule has 100 valence electrons. The van der Waals surface area contributed by atoms with Gasteiger partial charge in [-0.15, -0.1) is 0 Å². The zero-order chi connectivity index (χ0) is 13.8. The fraction of sp³-hybridized carbons (Fsp3) is 0.462. The third-order valence-corrected chi connectivity index (χ3v) is 4.06. The molecule has 0 radical (unpaired) electrons. The van der Waals surface area contributed by atoms with E-state index in [1.807, 2.05) is 4.90 Å². The summed E-state index contributed by atoms with van der Waals surface area (Å²) < 4.78 is 38.6. The summed E-state index contributed by atoms with van der Waals surface area (Å²) in [7, 11) is 0. The Bertz CT molecular complexity index is 549. The van der Waals surface area contributed by atoms with Crippen LogP contribution in [0.4, 0.5) is 18.9 Å². The van der Waals surface area contributed by atoms with Crippen LogP contribution in [-0.2, 0) is 6.18 Å². The highest BCUT2D eigenvalue weighted by Gasteiger charge is 2.54. The van der Waals surface area contributed by atoms with Crippen LogP contribution in [0, 0.1) is 23.2 Å². The highest BCUT2D eigenvalue weighted by atomic mass is 19.4. The summed E-state index contributed by atoms with van der Waals surface area (Å²) in [6, 6.07) is 5.74. The number of hydrogen-bond donors (Lipinski definition) is 1. The fourth-order valence-corrected chi connectivity index (χ4v) is 2.93. The number of fused-ring (bicyclic) bond motifs is 1. The first-order valence-corrected chi connectivity index (χ1v) is 6.04. The van der Waals surface area contributed by atoms with E-state index in [2.05, 4.69) is 0 Å². The van der Waals surface area contributed by atoms with E-state index in [9.17, 15) is 13.2 Å². The number of anilines is 1. The standard InChI is InChI=1S/C13H12F3N3/c14-13(15,16)10-2-1-3-11(7(10)4-17)19-5-8-9(6-19)12(8)18/h1-3,8-9,12H,5-6,18H2. The summed E-state index contributed by atoms with van der Waals surface area (Å²) in [5.74, 6) is 0.724. The molecule has 0 bridgehead atoms. The molecular formula is C13H12F3N3. The van der Waals surface area contributed by atoms with Crippen LogP contribution >= 0.6 is 0 Å². The summed E-state index contributed by atoms with van der Waals surface area (Å²) in [5, 5.41) is 9.05. The van der Waals surface area contributed by atoms with Crippen LogP contribution in [0.15, 0.2) is 18.2 Å². The van der Waals surface area contributed by atoms with Crippen molar-refractivity contribution in [3.63, 3.8) is 0 Å². The summed E-state index contributed by atoms with van der Waals surface area (Å²) in [6.07, 6.45) is -4.50. The summed E-state index contributed by atoms with van der Waals surface area (Å²) >= 11 is 0. The molecule has 6 heteroatoms. The molecule has 0 aromatic heterocycles. The van der Waals surface area contributed by atoms with Gasteiger partial charge in [0.2, 0.25) is 0 Å². The molecule has 1 aliphatic carbocycles. The van der Waals surface area contributed by atoms with Crippen LogP contribution in [0.25, 0.3) is 0 Å². The average Bonchev–Trinajstić information content (AvgIpc) is 2.79. The predicted molar refractivity (Wildman–Crippen MR) is 63.3 cm³/mol. The topological polar surface area (TPSA) is 53.0 Å². The van der Waals surface area contributed by atoms with Gasteiger partial charge >= 0.3 is 6.18 Å². The predicted octanol–water partition coefficient (Wildman–Crippen LogP) is 1.97. The quantitative estimate of drug-likeness (QED) is 0.846. The maximum Gasteiger partial charge on any atom is 0.417 e. The number of benzene rings is 1. The molecule has 0 spiro atoms. The molecule has 2 aliphatic rings. The van der Waals surface area contributed by atoms with Crippen molar-refractivity contribution in [2.24, 2.45) is 17.6 Å². The maximum atomic E-state index is 12.9. The van der Waals surface area contributed by atoms with Gasteiger partial charge in [0.1, 0.15) is 6.07 Å². The number of nitrogens with zero attached hydrogens (tertiary/aromatic N) is 2. The van der Waals surface area contributed by atoms with E-state index in [-0.39, 0.29) is 11.6 Å². The lowest BCUT2D eigenvalue weighted by Gasteiger charge is -2.24. The van der Waals surface area contributed by atoms with Gasteiger partial charge in [0.15, 0.2) is 0 Å². The van der Waals surface area contributed by atoms with Crippen molar-refractivity contribution in [2.75, 3.05) is 18.0 Å². The minimum absolute atomic E-state index is 0.174. The lowest BCUT2D eigenvalue weighted by Crippen LogP contribution is -2.29. The van der Waals surface area contributed by atoms with Gasteiger partial charge in [-0.3, -0.25) is 0 Å². The molecule has 1 aromatic rings. The van der Waals surface area contributed by atoms with Crippen LogP contribution in [0.5, 0.6) is 0 Å². The number of nitrogens with two attached hydrogens (primary N) is 1. The molecule has 1 aromatic carbocycles. The lowest BCUT2D eigenvalue weighted by atomic mass is 10.0. The second kappa shape index (κ2) is 3.87. The molecule has 2 atom stereocenters. The average molecular weight is 267 g/mol. The third-order valence-electron chi connectivity index (χ3n) is 4.06. The normalized spacial score (nSPS) is 29.0. The first kappa shape index (κ1) is 12.3. The number of nitriles is 1. The smallest absolute Gasteiger partial charge is 0.370 e. The van der Waals surface area contributed by atoms with E-state index in [1.54, 1.807) is 12.1 Å². The van der Waals surface area contributed by atoms with Gasteiger partial charge in [-0.1, -0.05) is 6.07 Å². The molecule has 19 heavy (non-hydrogen) atoms. The van der Waals surface area contributed by atoms with Gasteiger partial charge in [0.05, 0.1) is 16.8 Å². The van der Waals surface area contributed by atoms with E-state index >= 15 is 0 Å². The molecule has 1 heterocycles. The number of rotatable bonds is 1. The van der Waals surface area contributed by atoms with Crippen molar-refractivity contribution in [2.45, 2.75) is 12.2 Å². The van der Waals surface area contributed by atoms with Crippen molar-refractivity contribution in [3.05, 3.63) is 29.3 Å². The van der Waals surface area contributed by atoms with Crippen molar-refractivity contribution >= 4 is 5.69 Å². The van der Waals surface area contributed by atoms with Crippen molar-refractivity contribution < 1.29 is 13.2 Å². The Balaban J connectivity index is 1.97. The van der Waals surface area contributed by atoms with Gasteiger partial charge in [-0.2, -0.15) is 18.4 Å². The Labute approximate surface area is 108 Å². The Kier molecular flexibility index (Phi) is 2.51. The monoisotopic (exact) mass is 267 g/mol. The van der Waals surface area contributed by atoms with E-state index in [0.717, 1.165) is 6.07 Å². The largest absolute Gasteiger partial charge is 0.417 e. The second-order valence-electron chi connectivity index (χ2n) is 5.12. The number of hydrogen-bond acceptors (Lipinski definition) is 3. The van der Waals surface area contributed by atoms with Crippen LogP contribution in [0.1, 0.15) is 11.1 Å². The van der Waals surface area contributed by atoms with Gasteiger partial charge in [0, 0.05) is 19.1 Å². The first-order chi connectivity index (χ1) is 8.93. The minimum Gasteiger partial charge on any atom is -0.370 e. The molecule has 2 fully saturated rings. The van der Waals surface area contributed by atoms with E-state index in [1.165, 1.54) is 6.07 Å². The fourth-order valence-electron chi connectivity index (χ4n) is 2.93. The zero-order valence-electron chi connectivity index (χ0n) is 9.98. The van der Waals surface area contributed by atoms with Gasteiger partial charge in [-0.25, -0.2) is 0 Å². The Morgan fingerprint density at radius 2 is 1.89 bits per heavy atom. The van der Waals surface area contributed by atoms with Crippen LogP contribution in [0.3, 0.4) is 0 Å². The van der Waals surface area contributed by atoms with Crippen molar-refractivity contribution in [3.8, 4) is 6.07 Å². The van der Waals surface area contributed by atoms with Crippen molar-refractivity contribution in [1.82, 2.24) is 0 Å². The maximum absolute atomic E-state index is 12.9. The van der Waals surface area contributed by atoms with E-state index in [4.69, 9.17) is 11.0 Å². The summed E-state index contributed by atoms with van der Waals surface area (Å²) in [5.41, 5.74) is 5.03. The summed E-state index contributed by atoms with van der Waals surface area (Å²) in [4.78, 5) is 1.84. The summed E-state index contributed by atoms with van der Waals surface area (Å²) in [6.45, 7) is 1.28. The molecular weight excluding hydrogens is 255 g/mol. The Morgan fingerprint density at radius 3 is 2.42 bits per heavy atom. The molecule has 2 unspecified atom stereocenters. The van der Waals surface area contributed by atoms with Gasteiger partial charge in [-0.05, 0) is 24.0 Å². The van der Waals surface area contributed by atoms with Crippen molar-refractivity contribution in [1.29, 1.82) is 5.26 Å². The molecule has 1 aliphatic heterocycles. The first-order valence-electron chi connectivity index (χ1n) is 6.04. The number of halogens is 3. The van der Waals surface area contributed by atoms with Crippen LogP contribution in [-0.4, -0.2) is 19.1 Å². The Hall–Kier alpha value is -1.74. The molecule has 2 N–H and O–H groups in total. The SMILES string of the molecule is N#Cc1c(N2CC3C(N)C3C2)cccc1C(F)(F)F. The van der Waals surface area contributed by atoms with Crippen LogP contribution in [0.2, 0.25) is 0 Å². The van der Waals surface area contributed by atoms with Gasteiger partial charge in [0.25, 0.3) is 0 Å². The number of piperidine rings is 1. The lowest BCUT2D eigenvalue weighted by molar-refractivity contribution is -0.137. The highest BCUT2D eigenvalue weighted by molar-refractivity contribution is 5.64. The molecule has 1 saturated carbocycles. The molecule has 3 nitrogen and oxygen atoms in total. The number of alkyl halides is 3. The zero-order valence-corrected chi connectivity index (χ0v) is 9.98. The molecule has 3 rings (SSSR count). The molecule has 0 amide bonds. The van der Waals surface area contributed by atoms with E-state index in [0.29, 0.717) is 30.6 Å².